The summed E-state index contributed by atoms with van der Waals surface area (Å²) in [7, 11) is 1.55. The van der Waals surface area contributed by atoms with E-state index in [0.717, 1.165) is 5.56 Å². The van der Waals surface area contributed by atoms with Crippen molar-refractivity contribution in [1.82, 2.24) is 9.55 Å². The monoisotopic (exact) mass is 388 g/mol. The Morgan fingerprint density at radius 2 is 1.85 bits per heavy atom. The highest BCUT2D eigenvalue weighted by Crippen LogP contribution is 2.45. The van der Waals surface area contributed by atoms with Gasteiger partial charge in [0.1, 0.15) is 11.3 Å². The van der Waals surface area contributed by atoms with Crippen LogP contribution < -0.4 is 4.74 Å². The molecule has 0 amide bonds. The number of fused-ring (bicyclic) bond motifs is 2. The molecular weight excluding hydrogens is 375 g/mol. The summed E-state index contributed by atoms with van der Waals surface area (Å²) in [6, 6.07) is 8.76. The lowest BCUT2D eigenvalue weighted by molar-refractivity contribution is 0.422. The predicted molar refractivity (Wildman–Crippen MR) is 103 cm³/mol. The van der Waals surface area contributed by atoms with Crippen molar-refractivity contribution in [1.29, 1.82) is 0 Å². The van der Waals surface area contributed by atoms with Crippen LogP contribution in [0.1, 0.15) is 5.56 Å². The van der Waals surface area contributed by atoms with E-state index in [4.69, 9.17) is 27.9 Å². The molecular formula is C19H14Cl2N2O3. The lowest BCUT2D eigenvalue weighted by Crippen LogP contribution is -1.97. The number of halogens is 2. The summed E-state index contributed by atoms with van der Waals surface area (Å²) in [6.07, 6.45) is 3.31. The molecule has 0 bridgehead atoms. The Balaban J connectivity index is 1.96. The second-order valence-corrected chi connectivity index (χ2v) is 6.80. The predicted octanol–water partition coefficient (Wildman–Crippen LogP) is 4.96. The number of benzene rings is 2. The maximum atomic E-state index is 10.7. The van der Waals surface area contributed by atoms with Gasteiger partial charge in [0, 0.05) is 27.8 Å². The number of pyridine rings is 1. The summed E-state index contributed by atoms with van der Waals surface area (Å²) in [5, 5.41) is 23.9. The number of hydrogen-bond acceptors (Lipinski definition) is 4. The SMILES string of the molecule is COc1c2cccnc2c(O)c2c(O)n(Cc3cc(Cl)cc(Cl)c3)cc12. The molecule has 0 aliphatic heterocycles. The van der Waals surface area contributed by atoms with Crippen molar-refractivity contribution in [3.05, 3.63) is 58.3 Å². The van der Waals surface area contributed by atoms with Gasteiger partial charge in [-0.2, -0.15) is 0 Å². The van der Waals surface area contributed by atoms with Crippen molar-refractivity contribution in [2.45, 2.75) is 6.54 Å². The maximum Gasteiger partial charge on any atom is 0.203 e. The molecule has 0 atom stereocenters. The van der Waals surface area contributed by atoms with E-state index in [0.29, 0.717) is 44.0 Å². The molecule has 7 heteroatoms. The number of rotatable bonds is 3. The van der Waals surface area contributed by atoms with Gasteiger partial charge in [-0.05, 0) is 35.9 Å². The maximum absolute atomic E-state index is 10.7. The van der Waals surface area contributed by atoms with Gasteiger partial charge < -0.3 is 19.5 Å². The second-order valence-electron chi connectivity index (χ2n) is 5.93. The molecule has 0 saturated carbocycles. The minimum absolute atomic E-state index is 0.0838. The largest absolute Gasteiger partial charge is 0.505 e. The second kappa shape index (κ2) is 6.27. The van der Waals surface area contributed by atoms with Crippen molar-refractivity contribution in [2.24, 2.45) is 0 Å². The van der Waals surface area contributed by atoms with Crippen LogP contribution in [0.25, 0.3) is 21.7 Å². The highest BCUT2D eigenvalue weighted by atomic mass is 35.5. The van der Waals surface area contributed by atoms with Crippen LogP contribution in [0.5, 0.6) is 17.4 Å². The molecule has 4 aromatic rings. The lowest BCUT2D eigenvalue weighted by Gasteiger charge is -2.08. The van der Waals surface area contributed by atoms with Gasteiger partial charge in [0.05, 0.1) is 24.4 Å². The molecule has 2 N–H and O–H groups in total. The first-order valence-corrected chi connectivity index (χ1v) is 8.55. The Bertz CT molecular complexity index is 1130. The van der Waals surface area contributed by atoms with E-state index in [-0.39, 0.29) is 11.6 Å². The third-order valence-electron chi connectivity index (χ3n) is 4.29. The van der Waals surface area contributed by atoms with Gasteiger partial charge in [-0.1, -0.05) is 23.2 Å². The van der Waals surface area contributed by atoms with Crippen molar-refractivity contribution >= 4 is 44.9 Å². The average Bonchev–Trinajstić information content (AvgIpc) is 2.91. The number of phenols is 1. The fourth-order valence-corrected chi connectivity index (χ4v) is 3.80. The highest BCUT2D eigenvalue weighted by Gasteiger charge is 2.21. The number of phenolic OH excluding ortho intramolecular Hbond substituents is 1. The lowest BCUT2D eigenvalue weighted by atomic mass is 10.1. The van der Waals surface area contributed by atoms with Gasteiger partial charge in [-0.3, -0.25) is 4.98 Å². The van der Waals surface area contributed by atoms with E-state index in [2.05, 4.69) is 4.98 Å². The van der Waals surface area contributed by atoms with Crippen molar-refractivity contribution in [3.8, 4) is 17.4 Å². The van der Waals surface area contributed by atoms with E-state index in [1.807, 2.05) is 6.07 Å². The summed E-state index contributed by atoms with van der Waals surface area (Å²) in [5.41, 5.74) is 1.19. The van der Waals surface area contributed by atoms with Gasteiger partial charge in [-0.15, -0.1) is 0 Å². The van der Waals surface area contributed by atoms with Gasteiger partial charge in [0.25, 0.3) is 0 Å². The fourth-order valence-electron chi connectivity index (χ4n) is 3.23. The molecule has 0 unspecified atom stereocenters. The van der Waals surface area contributed by atoms with Crippen molar-refractivity contribution in [3.63, 3.8) is 0 Å². The molecule has 0 fully saturated rings. The highest BCUT2D eigenvalue weighted by molar-refractivity contribution is 6.34. The van der Waals surface area contributed by atoms with Gasteiger partial charge in [0.2, 0.25) is 5.88 Å². The van der Waals surface area contributed by atoms with Gasteiger partial charge in [-0.25, -0.2) is 0 Å². The molecule has 132 valence electrons. The zero-order chi connectivity index (χ0) is 18.4. The van der Waals surface area contributed by atoms with E-state index < -0.39 is 0 Å². The standard InChI is InChI=1S/C19H14Cl2N2O3/c1-26-18-13-3-2-4-22-16(13)17(24)15-14(18)9-23(19(15)25)8-10-5-11(20)7-12(21)6-10/h2-7,9,24-25H,8H2,1H3. The minimum Gasteiger partial charge on any atom is -0.505 e. The average molecular weight is 389 g/mol. The Hall–Kier alpha value is -2.63. The number of nitrogens with zero attached hydrogens (tertiary/aromatic N) is 2. The fraction of sp³-hybridized carbons (Fsp3) is 0.105. The van der Waals surface area contributed by atoms with Crippen LogP contribution in [0.3, 0.4) is 0 Å². The molecule has 26 heavy (non-hydrogen) atoms. The first kappa shape index (κ1) is 16.8. The number of methoxy groups -OCH3 is 1. The molecule has 4 rings (SSSR count). The van der Waals surface area contributed by atoms with Gasteiger partial charge in [0.15, 0.2) is 5.75 Å². The van der Waals surface area contributed by atoms with Crippen molar-refractivity contribution < 1.29 is 14.9 Å². The normalized spacial score (nSPS) is 11.3. The molecule has 0 radical (unpaired) electrons. The molecule has 0 aliphatic carbocycles. The quantitative estimate of drug-likeness (QED) is 0.520. The summed E-state index contributed by atoms with van der Waals surface area (Å²) >= 11 is 12.1. The van der Waals surface area contributed by atoms with E-state index in [1.165, 1.54) is 0 Å². The number of hydrogen-bond donors (Lipinski definition) is 2. The van der Waals surface area contributed by atoms with Crippen molar-refractivity contribution in [2.75, 3.05) is 7.11 Å². The van der Waals surface area contributed by atoms with Crippen LogP contribution in [-0.2, 0) is 6.54 Å². The molecule has 0 spiro atoms. The van der Waals surface area contributed by atoms with E-state index >= 15 is 0 Å². The summed E-state index contributed by atoms with van der Waals surface area (Å²) in [4.78, 5) is 4.21. The third kappa shape index (κ3) is 2.60. The smallest absolute Gasteiger partial charge is 0.203 e. The first-order chi connectivity index (χ1) is 12.5. The Kier molecular flexibility index (Phi) is 4.05. The molecule has 2 heterocycles. The zero-order valence-electron chi connectivity index (χ0n) is 13.7. The van der Waals surface area contributed by atoms with E-state index in [9.17, 15) is 10.2 Å². The van der Waals surface area contributed by atoms with Crippen LogP contribution in [0.4, 0.5) is 0 Å². The summed E-state index contributed by atoms with van der Waals surface area (Å²) in [5.74, 6) is 0.371. The Morgan fingerprint density at radius 1 is 1.12 bits per heavy atom. The molecule has 2 aromatic carbocycles. The topological polar surface area (TPSA) is 67.5 Å². The van der Waals surface area contributed by atoms with Crippen LogP contribution in [0.15, 0.2) is 42.7 Å². The zero-order valence-corrected chi connectivity index (χ0v) is 15.2. The van der Waals surface area contributed by atoms with Gasteiger partial charge >= 0.3 is 0 Å². The first-order valence-electron chi connectivity index (χ1n) is 7.80. The van der Waals surface area contributed by atoms with E-state index in [1.54, 1.807) is 48.3 Å². The summed E-state index contributed by atoms with van der Waals surface area (Å²) in [6.45, 7) is 0.327. The Labute approximate surface area is 159 Å². The van der Waals surface area contributed by atoms with Crippen LogP contribution in [0, 0.1) is 0 Å². The third-order valence-corrected chi connectivity index (χ3v) is 4.72. The molecule has 0 saturated heterocycles. The van der Waals surface area contributed by atoms with Crippen LogP contribution in [0.2, 0.25) is 10.0 Å². The number of aromatic hydroxyl groups is 2. The molecule has 2 aromatic heterocycles. The molecule has 0 aliphatic rings. The van der Waals surface area contributed by atoms with Crippen LogP contribution >= 0.6 is 23.2 Å². The molecule has 5 nitrogen and oxygen atoms in total. The minimum atomic E-state index is -0.0863. The number of ether oxygens (including phenoxy) is 1. The summed E-state index contributed by atoms with van der Waals surface area (Å²) < 4.78 is 7.14. The van der Waals surface area contributed by atoms with Crippen LogP contribution in [-0.4, -0.2) is 26.9 Å². The number of aromatic nitrogens is 2. The Morgan fingerprint density at radius 3 is 2.54 bits per heavy atom.